The quantitative estimate of drug-likeness (QED) is 0.317. The lowest BCUT2D eigenvalue weighted by Crippen LogP contribution is -2.36. The van der Waals surface area contributed by atoms with Crippen LogP contribution in [0.2, 0.25) is 0 Å². The number of hydrogen-bond acceptors (Lipinski definition) is 4. The fourth-order valence-electron chi connectivity index (χ4n) is 2.53. The maximum Gasteiger partial charge on any atom is 0.371 e. The molecule has 0 aromatic rings. The van der Waals surface area contributed by atoms with Gasteiger partial charge in [0.2, 0.25) is 6.29 Å². The molecule has 4 heteroatoms. The van der Waals surface area contributed by atoms with E-state index in [4.69, 9.17) is 4.74 Å². The number of ether oxygens (including phenoxy) is 2. The Morgan fingerprint density at radius 3 is 2.44 bits per heavy atom. The van der Waals surface area contributed by atoms with Crippen molar-refractivity contribution in [2.45, 2.75) is 52.1 Å². The lowest BCUT2D eigenvalue weighted by molar-refractivity contribution is -0.152. The number of carbonyl (C=O) groups is 2. The van der Waals surface area contributed by atoms with Crippen molar-refractivity contribution in [2.24, 2.45) is 11.8 Å². The van der Waals surface area contributed by atoms with E-state index in [1.165, 1.54) is 12.8 Å². The van der Waals surface area contributed by atoms with Crippen LogP contribution in [0, 0.1) is 11.8 Å². The highest BCUT2D eigenvalue weighted by Crippen LogP contribution is 2.37. The first-order valence-electron chi connectivity index (χ1n) is 6.73. The van der Waals surface area contributed by atoms with Gasteiger partial charge < -0.3 is 9.47 Å². The van der Waals surface area contributed by atoms with E-state index in [9.17, 15) is 9.59 Å². The molecule has 0 radical (unpaired) electrons. The molecule has 1 saturated carbocycles. The summed E-state index contributed by atoms with van der Waals surface area (Å²) in [5.41, 5.74) is -0.0982. The first-order valence-corrected chi connectivity index (χ1v) is 6.73. The summed E-state index contributed by atoms with van der Waals surface area (Å²) in [7, 11) is 0. The predicted molar refractivity (Wildman–Crippen MR) is 68.2 cm³/mol. The number of rotatable bonds is 6. The van der Waals surface area contributed by atoms with Crippen LogP contribution in [-0.2, 0) is 19.1 Å². The molecule has 18 heavy (non-hydrogen) atoms. The van der Waals surface area contributed by atoms with E-state index in [-0.39, 0.29) is 18.5 Å². The molecule has 0 heterocycles. The van der Waals surface area contributed by atoms with E-state index in [2.05, 4.69) is 25.5 Å². The zero-order chi connectivity index (χ0) is 13.6. The Balaban J connectivity index is 2.22. The third-order valence-corrected chi connectivity index (χ3v) is 3.91. The second kappa shape index (κ2) is 6.88. The second-order valence-electron chi connectivity index (χ2n) is 5.67. The average molecular weight is 256 g/mol. The number of carbonyl (C=O) groups excluding carboxylic acids is 2. The Kier molecular flexibility index (Phi) is 5.79. The first-order chi connectivity index (χ1) is 8.47. The standard InChI is InChI=1S/C14H24O4/c1-11(2)12-4-6-14(3,7-5-12)18-9-8-17-13(16)10-15/h10-12H,4-9H2,1-3H3. The fraction of sp³-hybridized carbons (Fsp3) is 0.857. The summed E-state index contributed by atoms with van der Waals surface area (Å²) in [5.74, 6) is 0.713. The minimum atomic E-state index is -0.827. The molecule has 1 rings (SSSR count). The van der Waals surface area contributed by atoms with Crippen LogP contribution in [0.15, 0.2) is 0 Å². The van der Waals surface area contributed by atoms with Crippen molar-refractivity contribution in [1.82, 2.24) is 0 Å². The molecule has 1 aliphatic carbocycles. The van der Waals surface area contributed by atoms with Gasteiger partial charge in [-0.3, -0.25) is 4.79 Å². The molecular formula is C14H24O4. The van der Waals surface area contributed by atoms with Crippen LogP contribution < -0.4 is 0 Å². The molecule has 1 aliphatic rings. The van der Waals surface area contributed by atoms with Crippen molar-refractivity contribution in [3.63, 3.8) is 0 Å². The molecule has 0 aromatic carbocycles. The van der Waals surface area contributed by atoms with Crippen LogP contribution in [0.25, 0.3) is 0 Å². The van der Waals surface area contributed by atoms with Crippen LogP contribution >= 0.6 is 0 Å². The summed E-state index contributed by atoms with van der Waals surface area (Å²) in [4.78, 5) is 20.7. The highest BCUT2D eigenvalue weighted by Gasteiger charge is 2.32. The molecule has 104 valence electrons. The normalized spacial score (nSPS) is 28.1. The minimum absolute atomic E-state index is 0.0982. The number of aldehydes is 1. The Labute approximate surface area is 109 Å². The fourth-order valence-corrected chi connectivity index (χ4v) is 2.53. The van der Waals surface area contributed by atoms with Crippen molar-refractivity contribution in [2.75, 3.05) is 13.2 Å². The maximum atomic E-state index is 10.6. The van der Waals surface area contributed by atoms with Gasteiger partial charge >= 0.3 is 5.97 Å². The van der Waals surface area contributed by atoms with Crippen LogP contribution in [0.3, 0.4) is 0 Å². The van der Waals surface area contributed by atoms with Crippen molar-refractivity contribution in [3.05, 3.63) is 0 Å². The van der Waals surface area contributed by atoms with E-state index < -0.39 is 5.97 Å². The van der Waals surface area contributed by atoms with Gasteiger partial charge in [0.15, 0.2) is 0 Å². The molecule has 1 fully saturated rings. The zero-order valence-corrected chi connectivity index (χ0v) is 11.6. The van der Waals surface area contributed by atoms with Gasteiger partial charge in [0.05, 0.1) is 12.2 Å². The van der Waals surface area contributed by atoms with Gasteiger partial charge in [-0.15, -0.1) is 0 Å². The molecule has 0 N–H and O–H groups in total. The summed E-state index contributed by atoms with van der Waals surface area (Å²) < 4.78 is 10.5. The topological polar surface area (TPSA) is 52.6 Å². The second-order valence-corrected chi connectivity index (χ2v) is 5.67. The van der Waals surface area contributed by atoms with Gasteiger partial charge in [0, 0.05) is 0 Å². The summed E-state index contributed by atoms with van der Waals surface area (Å²) in [6.07, 6.45) is 4.68. The van der Waals surface area contributed by atoms with Gasteiger partial charge in [0.1, 0.15) is 6.61 Å². The van der Waals surface area contributed by atoms with Crippen molar-refractivity contribution in [1.29, 1.82) is 0 Å². The van der Waals surface area contributed by atoms with Crippen LogP contribution in [0.5, 0.6) is 0 Å². The molecule has 0 unspecified atom stereocenters. The third-order valence-electron chi connectivity index (χ3n) is 3.91. The van der Waals surface area contributed by atoms with Crippen molar-refractivity contribution >= 4 is 12.3 Å². The first kappa shape index (κ1) is 15.2. The monoisotopic (exact) mass is 256 g/mol. The Bertz CT molecular complexity index is 278. The Hall–Kier alpha value is -0.900. The SMILES string of the molecule is CC(C)C1CCC(C)(OCCOC(=O)C=O)CC1. The molecular weight excluding hydrogens is 232 g/mol. The summed E-state index contributed by atoms with van der Waals surface area (Å²) in [6, 6.07) is 0. The number of hydrogen-bond donors (Lipinski definition) is 0. The Morgan fingerprint density at radius 1 is 1.33 bits per heavy atom. The van der Waals surface area contributed by atoms with Gasteiger partial charge in [0.25, 0.3) is 0 Å². The lowest BCUT2D eigenvalue weighted by atomic mass is 9.75. The summed E-state index contributed by atoms with van der Waals surface area (Å²) in [6.45, 7) is 7.18. The maximum absolute atomic E-state index is 10.6. The Morgan fingerprint density at radius 2 is 1.94 bits per heavy atom. The van der Waals surface area contributed by atoms with Crippen molar-refractivity contribution in [3.8, 4) is 0 Å². The van der Waals surface area contributed by atoms with Crippen molar-refractivity contribution < 1.29 is 19.1 Å². The van der Waals surface area contributed by atoms with Crippen LogP contribution in [0.4, 0.5) is 0 Å². The lowest BCUT2D eigenvalue weighted by Gasteiger charge is -2.38. The number of esters is 1. The molecule has 0 amide bonds. The minimum Gasteiger partial charge on any atom is -0.458 e. The third kappa shape index (κ3) is 4.77. The molecule has 0 aliphatic heterocycles. The molecule has 0 aromatic heterocycles. The molecule has 0 saturated heterocycles. The van der Waals surface area contributed by atoms with Crippen LogP contribution in [-0.4, -0.2) is 31.1 Å². The summed E-state index contributed by atoms with van der Waals surface area (Å²) >= 11 is 0. The van der Waals surface area contributed by atoms with Gasteiger partial charge in [-0.05, 0) is 44.4 Å². The van der Waals surface area contributed by atoms with E-state index in [1.807, 2.05) is 0 Å². The van der Waals surface area contributed by atoms with E-state index >= 15 is 0 Å². The van der Waals surface area contributed by atoms with E-state index in [0.29, 0.717) is 6.61 Å². The predicted octanol–water partition coefficient (Wildman–Crippen LogP) is 2.35. The molecule has 4 nitrogen and oxygen atoms in total. The average Bonchev–Trinajstić information content (AvgIpc) is 2.35. The van der Waals surface area contributed by atoms with Gasteiger partial charge in [-0.1, -0.05) is 13.8 Å². The van der Waals surface area contributed by atoms with E-state index in [0.717, 1.165) is 24.7 Å². The zero-order valence-electron chi connectivity index (χ0n) is 11.6. The van der Waals surface area contributed by atoms with Gasteiger partial charge in [-0.25, -0.2) is 4.79 Å². The summed E-state index contributed by atoms with van der Waals surface area (Å²) in [5, 5.41) is 0. The largest absolute Gasteiger partial charge is 0.458 e. The molecule has 0 bridgehead atoms. The molecule has 0 atom stereocenters. The highest BCUT2D eigenvalue weighted by molar-refractivity contribution is 6.20. The van der Waals surface area contributed by atoms with Crippen LogP contribution in [0.1, 0.15) is 46.5 Å². The van der Waals surface area contributed by atoms with Gasteiger partial charge in [-0.2, -0.15) is 0 Å². The molecule has 0 spiro atoms. The highest BCUT2D eigenvalue weighted by atomic mass is 16.6. The van der Waals surface area contributed by atoms with E-state index in [1.54, 1.807) is 0 Å². The smallest absolute Gasteiger partial charge is 0.371 e.